The van der Waals surface area contributed by atoms with Gasteiger partial charge < -0.3 is 4.42 Å². The number of fused-ring (bicyclic) bond motifs is 3. The molecule has 8 heteroatoms. The van der Waals surface area contributed by atoms with Gasteiger partial charge in [-0.05, 0) is 31.0 Å². The van der Waals surface area contributed by atoms with Crippen LogP contribution in [0.25, 0.3) is 28.3 Å². The number of rotatable bonds is 3. The molecule has 5 rings (SSSR count). The maximum absolute atomic E-state index is 14.4. The van der Waals surface area contributed by atoms with E-state index in [1.165, 1.54) is 6.39 Å². The van der Waals surface area contributed by atoms with Crippen LogP contribution in [0.3, 0.4) is 0 Å². The van der Waals surface area contributed by atoms with Gasteiger partial charge >= 0.3 is 0 Å². The van der Waals surface area contributed by atoms with Crippen LogP contribution >= 0.6 is 0 Å². The van der Waals surface area contributed by atoms with E-state index in [0.717, 1.165) is 38.3 Å². The number of hydrogen-bond donors (Lipinski definition) is 0. The molecular formula is C19H17F2N5O. The van der Waals surface area contributed by atoms with Gasteiger partial charge in [-0.3, -0.25) is 4.40 Å². The van der Waals surface area contributed by atoms with Gasteiger partial charge in [0.05, 0.1) is 0 Å². The third-order valence-corrected chi connectivity index (χ3v) is 5.24. The summed E-state index contributed by atoms with van der Waals surface area (Å²) in [5, 5.41) is 7.95. The van der Waals surface area contributed by atoms with Crippen molar-refractivity contribution in [1.82, 2.24) is 24.6 Å². The molecule has 6 nitrogen and oxygen atoms in total. The van der Waals surface area contributed by atoms with Crippen LogP contribution < -0.4 is 0 Å². The summed E-state index contributed by atoms with van der Waals surface area (Å²) in [7, 11) is 0. The highest BCUT2D eigenvalue weighted by atomic mass is 19.3. The Kier molecular flexibility index (Phi) is 3.50. The molecule has 1 aliphatic rings. The van der Waals surface area contributed by atoms with Gasteiger partial charge in [-0.25, -0.2) is 18.7 Å². The molecule has 1 fully saturated rings. The lowest BCUT2D eigenvalue weighted by atomic mass is 9.98. The molecule has 138 valence electrons. The lowest BCUT2D eigenvalue weighted by Gasteiger charge is -2.18. The van der Waals surface area contributed by atoms with Crippen molar-refractivity contribution < 1.29 is 13.2 Å². The summed E-state index contributed by atoms with van der Waals surface area (Å²) in [6.07, 6.45) is 7.12. The number of pyridine rings is 2. The number of halogens is 2. The van der Waals surface area contributed by atoms with E-state index in [0.29, 0.717) is 22.4 Å². The first-order valence-electron chi connectivity index (χ1n) is 8.98. The van der Waals surface area contributed by atoms with E-state index in [1.54, 1.807) is 28.8 Å². The smallest absolute Gasteiger partial charge is 0.271 e. The molecular weight excluding hydrogens is 352 g/mol. The Hall–Kier alpha value is -2.90. The summed E-state index contributed by atoms with van der Waals surface area (Å²) in [5.41, 5.74) is 2.29. The molecule has 27 heavy (non-hydrogen) atoms. The summed E-state index contributed by atoms with van der Waals surface area (Å²) in [6, 6.07) is 4.95. The van der Waals surface area contributed by atoms with Crippen LogP contribution in [0.5, 0.6) is 0 Å². The van der Waals surface area contributed by atoms with Crippen molar-refractivity contribution in [2.24, 2.45) is 0 Å². The number of hydrogen-bond acceptors (Lipinski definition) is 5. The zero-order valence-electron chi connectivity index (χ0n) is 14.7. The maximum Gasteiger partial charge on any atom is 0.271 e. The predicted octanol–water partition coefficient (Wildman–Crippen LogP) is 4.70. The summed E-state index contributed by atoms with van der Waals surface area (Å²) < 4.78 is 35.7. The first-order valence-corrected chi connectivity index (χ1v) is 8.98. The van der Waals surface area contributed by atoms with Crippen molar-refractivity contribution in [1.29, 1.82) is 0 Å². The highest BCUT2D eigenvalue weighted by Gasteiger charge is 2.30. The van der Waals surface area contributed by atoms with Crippen LogP contribution in [0.4, 0.5) is 8.78 Å². The molecule has 0 N–H and O–H groups in total. The minimum absolute atomic E-state index is 0.00402. The van der Waals surface area contributed by atoms with Gasteiger partial charge in [-0.2, -0.15) is 0 Å². The molecule has 0 radical (unpaired) electrons. The molecule has 4 heterocycles. The highest BCUT2D eigenvalue weighted by Crippen LogP contribution is 2.39. The molecule has 0 aliphatic heterocycles. The minimum atomic E-state index is -2.96. The third-order valence-electron chi connectivity index (χ3n) is 5.24. The van der Waals surface area contributed by atoms with Gasteiger partial charge in [0.1, 0.15) is 17.0 Å². The summed E-state index contributed by atoms with van der Waals surface area (Å²) in [4.78, 5) is 9.24. The second kappa shape index (κ2) is 5.80. The normalized spacial score (nSPS) is 16.0. The van der Waals surface area contributed by atoms with Gasteiger partial charge in [0, 0.05) is 35.7 Å². The lowest BCUT2D eigenvalue weighted by Crippen LogP contribution is -2.12. The topological polar surface area (TPSA) is 69.1 Å². The van der Waals surface area contributed by atoms with Crippen molar-refractivity contribution in [3.8, 4) is 11.6 Å². The number of aromatic nitrogens is 5. The molecule has 0 atom stereocenters. The van der Waals surface area contributed by atoms with E-state index in [9.17, 15) is 8.78 Å². The summed E-state index contributed by atoms with van der Waals surface area (Å²) in [6.45, 7) is 0.933. The highest BCUT2D eigenvalue weighted by molar-refractivity contribution is 5.83. The number of nitrogens with zero attached hydrogens (tertiary/aromatic N) is 5. The van der Waals surface area contributed by atoms with Gasteiger partial charge in [0.15, 0.2) is 0 Å². The Morgan fingerprint density at radius 1 is 1.19 bits per heavy atom. The van der Waals surface area contributed by atoms with Crippen LogP contribution in [-0.4, -0.2) is 24.6 Å². The zero-order chi connectivity index (χ0) is 18.6. The Bertz CT molecular complexity index is 1120. The Morgan fingerprint density at radius 2 is 2.00 bits per heavy atom. The monoisotopic (exact) mass is 369 g/mol. The second-order valence-electron chi connectivity index (χ2n) is 7.13. The molecule has 0 bridgehead atoms. The maximum atomic E-state index is 14.4. The molecule has 4 aromatic rings. The van der Waals surface area contributed by atoms with Gasteiger partial charge in [0.25, 0.3) is 11.8 Å². The zero-order valence-corrected chi connectivity index (χ0v) is 14.7. The SMILES string of the molecule is CC(F)(F)c1cc(C2CCCC2)nc2c1ccc1nc(-c3nnco3)cn12. The van der Waals surface area contributed by atoms with Crippen molar-refractivity contribution in [2.45, 2.75) is 44.4 Å². The molecule has 0 amide bonds. The molecule has 1 saturated carbocycles. The molecule has 0 saturated heterocycles. The van der Waals surface area contributed by atoms with Gasteiger partial charge in [-0.1, -0.05) is 12.8 Å². The second-order valence-corrected chi connectivity index (χ2v) is 7.13. The standard InChI is InChI=1S/C19H17F2N5O/c1-19(20,21)13-8-14(11-4-2-3-5-11)24-17-12(13)6-7-16-23-15(9-26(16)17)18-25-22-10-27-18/h6-11H,2-5H2,1H3. The van der Waals surface area contributed by atoms with Crippen LogP contribution in [0.2, 0.25) is 0 Å². The number of imidazole rings is 1. The number of alkyl halides is 2. The molecule has 0 unspecified atom stereocenters. The van der Waals surface area contributed by atoms with E-state index in [2.05, 4.69) is 15.2 Å². The largest absolute Gasteiger partial charge is 0.422 e. The minimum Gasteiger partial charge on any atom is -0.422 e. The fourth-order valence-electron chi connectivity index (χ4n) is 3.93. The van der Waals surface area contributed by atoms with Crippen LogP contribution in [0, 0.1) is 0 Å². The molecule has 0 aromatic carbocycles. The van der Waals surface area contributed by atoms with E-state index in [1.807, 2.05) is 0 Å². The van der Waals surface area contributed by atoms with Crippen molar-refractivity contribution in [3.63, 3.8) is 0 Å². The predicted molar refractivity (Wildman–Crippen MR) is 94.6 cm³/mol. The Labute approximate surface area is 153 Å². The van der Waals surface area contributed by atoms with Crippen molar-refractivity contribution >= 4 is 16.7 Å². The lowest BCUT2D eigenvalue weighted by molar-refractivity contribution is 0.0189. The van der Waals surface area contributed by atoms with Crippen LogP contribution in [0.1, 0.15) is 49.8 Å². The average Bonchev–Trinajstić information content (AvgIpc) is 3.40. The molecule has 4 aromatic heterocycles. The first-order chi connectivity index (χ1) is 13.0. The van der Waals surface area contributed by atoms with E-state index >= 15 is 0 Å². The van der Waals surface area contributed by atoms with Gasteiger partial charge in [-0.15, -0.1) is 10.2 Å². The van der Waals surface area contributed by atoms with E-state index < -0.39 is 5.92 Å². The van der Waals surface area contributed by atoms with Crippen molar-refractivity contribution in [2.75, 3.05) is 0 Å². The molecule has 1 aliphatic carbocycles. The first kappa shape index (κ1) is 16.3. The Balaban J connectivity index is 1.80. The van der Waals surface area contributed by atoms with Gasteiger partial charge in [0.2, 0.25) is 6.39 Å². The summed E-state index contributed by atoms with van der Waals surface area (Å²) in [5.74, 6) is -2.46. The fraction of sp³-hybridized carbons (Fsp3) is 0.368. The Morgan fingerprint density at radius 3 is 2.70 bits per heavy atom. The van der Waals surface area contributed by atoms with E-state index in [4.69, 9.17) is 9.40 Å². The van der Waals surface area contributed by atoms with Crippen LogP contribution in [-0.2, 0) is 5.92 Å². The molecule has 0 spiro atoms. The third kappa shape index (κ3) is 2.67. The summed E-state index contributed by atoms with van der Waals surface area (Å²) >= 11 is 0. The van der Waals surface area contributed by atoms with E-state index in [-0.39, 0.29) is 17.4 Å². The van der Waals surface area contributed by atoms with Crippen LogP contribution in [0.15, 0.2) is 35.2 Å². The average molecular weight is 369 g/mol. The fourth-order valence-corrected chi connectivity index (χ4v) is 3.93. The quantitative estimate of drug-likeness (QED) is 0.523. The van der Waals surface area contributed by atoms with Crippen molar-refractivity contribution in [3.05, 3.63) is 42.0 Å².